The first-order valence-electron chi connectivity index (χ1n) is 21.6. The summed E-state index contributed by atoms with van der Waals surface area (Å²) in [5.41, 5.74) is 15.5. The summed E-state index contributed by atoms with van der Waals surface area (Å²) in [6.45, 7) is 3.20. The van der Waals surface area contributed by atoms with Crippen molar-refractivity contribution < 1.29 is 85.0 Å². The summed E-state index contributed by atoms with van der Waals surface area (Å²) in [4.78, 5) is 87.0. The first kappa shape index (κ1) is 62.8. The zero-order valence-corrected chi connectivity index (χ0v) is 41.0. The fourth-order valence-corrected chi connectivity index (χ4v) is 5.89. The van der Waals surface area contributed by atoms with Gasteiger partial charge in [0.15, 0.2) is 0 Å². The molecular weight excluding hydrogens is 1080 g/mol. The maximum atomic E-state index is 12.2. The summed E-state index contributed by atoms with van der Waals surface area (Å²) in [7, 11) is 4.61. The molecule has 23 heteroatoms. The molecule has 0 unspecified atom stereocenters. The zero-order chi connectivity index (χ0) is 47.3. The second-order valence-corrected chi connectivity index (χ2v) is 15.0. The van der Waals surface area contributed by atoms with Crippen molar-refractivity contribution in [2.45, 2.75) is 148 Å². The van der Waals surface area contributed by atoms with Crippen molar-refractivity contribution in [2.75, 3.05) is 39.3 Å². The van der Waals surface area contributed by atoms with Gasteiger partial charge in [-0.2, -0.15) is 12.1 Å². The number of rotatable bonds is 29. The van der Waals surface area contributed by atoms with Gasteiger partial charge >= 0.3 is 28.2 Å². The number of amides is 7. The molecule has 371 valence electrons. The standard InChI is InChI=1S/C35H58N8O10.C6H12N2.ClH.Fe.Pt/c1-28(44)41(51)24-8-2-5-20-38-31(46)13-15-34(49)43(53)26-10-4-7-21-39-32(47)14-16-35(50)42(52)25-9-3-6-19-37-30(45)11-12-33(48)40-27-29-17-22-36-23-18-29;7-5-3-1-2-4-6(5)8;;;/h17-18,22-23,51-53H,2-16,19-21,24-27H2,1H3,(H,37,45)(H,38,46)(H,39,47)(H,40,48);5-8H,1-4H2;1H;;/q;-2;;;+1/p-1/t;5-,6-;;;/m.1.../s1. The average molecular weight is 1150 g/mol. The molecule has 9 N–H and O–H groups in total. The van der Waals surface area contributed by atoms with E-state index in [1.54, 1.807) is 43.3 Å². The van der Waals surface area contributed by atoms with E-state index >= 15 is 0 Å². The number of halogens is 1. The molecule has 20 nitrogen and oxygen atoms in total. The molecule has 7 amide bonds. The molecule has 1 aliphatic rings. The molecule has 0 bridgehead atoms. The maximum absolute atomic E-state index is 12.2. The van der Waals surface area contributed by atoms with Crippen LogP contribution in [-0.4, -0.2) is 128 Å². The van der Waals surface area contributed by atoms with E-state index in [4.69, 9.17) is 11.5 Å². The van der Waals surface area contributed by atoms with Crippen LogP contribution < -0.4 is 21.3 Å². The molecule has 2 atom stereocenters. The monoisotopic (exact) mass is 1150 g/mol. The number of carbonyl (C=O) groups is 7. The third kappa shape index (κ3) is 35.1. The van der Waals surface area contributed by atoms with E-state index in [9.17, 15) is 49.2 Å². The zero-order valence-electron chi connectivity index (χ0n) is 36.9. The maximum Gasteiger partial charge on any atom is 0 e. The second-order valence-electron chi connectivity index (χ2n) is 15.0. The SMILES string of the molecule is CC(=O)N(O)CCCCCNC(=O)CCC(=O)N(O)CCCCCNC(=O)CCC(=O)N(O)CCCCCNC(=O)CCC(=O)NCc1ccncc1.[Cl][Pt].[Fe].[NH-][C@@H]1CCCC[C@H]1[NH-]. The van der Waals surface area contributed by atoms with Crippen LogP contribution in [0.4, 0.5) is 0 Å². The number of pyridine rings is 1. The molecule has 1 aromatic rings. The van der Waals surface area contributed by atoms with Crippen LogP contribution in [-0.2, 0) is 75.9 Å². The van der Waals surface area contributed by atoms with Crippen molar-refractivity contribution >= 4 is 50.8 Å². The Morgan fingerprint density at radius 1 is 0.594 bits per heavy atom. The predicted octanol–water partition coefficient (Wildman–Crippen LogP) is 4.66. The van der Waals surface area contributed by atoms with Gasteiger partial charge in [-0.15, -0.1) is 0 Å². The van der Waals surface area contributed by atoms with Gasteiger partial charge in [0, 0.05) is 121 Å². The first-order valence-corrected chi connectivity index (χ1v) is 24.5. The van der Waals surface area contributed by atoms with Crippen molar-refractivity contribution in [3.05, 3.63) is 41.6 Å². The van der Waals surface area contributed by atoms with Crippen LogP contribution in [0.15, 0.2) is 24.5 Å². The molecule has 1 aliphatic carbocycles. The van der Waals surface area contributed by atoms with Gasteiger partial charge in [0.05, 0.1) is 0 Å². The third-order valence-corrected chi connectivity index (χ3v) is 9.76. The number of nitrogens with zero attached hydrogens (tertiary/aromatic N) is 4. The molecule has 0 aromatic carbocycles. The normalized spacial score (nSPS) is 13.8. The van der Waals surface area contributed by atoms with E-state index in [0.29, 0.717) is 99.2 Å². The van der Waals surface area contributed by atoms with Gasteiger partial charge in [0.1, 0.15) is 0 Å². The number of aromatic nitrogens is 1. The van der Waals surface area contributed by atoms with Crippen LogP contribution in [0.5, 0.6) is 0 Å². The summed E-state index contributed by atoms with van der Waals surface area (Å²) in [6.07, 6.45) is 12.7. The minimum Gasteiger partial charge on any atom is -0.676 e. The Morgan fingerprint density at radius 3 is 1.30 bits per heavy atom. The molecule has 1 aromatic heterocycles. The molecule has 64 heavy (non-hydrogen) atoms. The van der Waals surface area contributed by atoms with E-state index < -0.39 is 17.7 Å². The van der Waals surface area contributed by atoms with Gasteiger partial charge in [-0.25, -0.2) is 15.2 Å². The van der Waals surface area contributed by atoms with Crippen LogP contribution >= 0.6 is 9.42 Å². The van der Waals surface area contributed by atoms with Gasteiger partial charge < -0.3 is 32.7 Å². The Morgan fingerprint density at radius 2 is 0.938 bits per heavy atom. The van der Waals surface area contributed by atoms with Gasteiger partial charge in [-0.05, 0) is 75.5 Å². The smallest absolute Gasteiger partial charge is 0 e. The summed E-state index contributed by atoms with van der Waals surface area (Å²) in [6, 6.07) is 3.43. The fourth-order valence-electron chi connectivity index (χ4n) is 5.89. The minimum atomic E-state index is -0.571. The van der Waals surface area contributed by atoms with Crippen molar-refractivity contribution in [1.29, 1.82) is 0 Å². The van der Waals surface area contributed by atoms with Crippen molar-refractivity contribution in [3.8, 4) is 0 Å². The van der Waals surface area contributed by atoms with Gasteiger partial charge in [-0.1, -0.05) is 25.7 Å². The van der Waals surface area contributed by atoms with Crippen LogP contribution in [0.25, 0.3) is 11.5 Å². The molecule has 0 radical (unpaired) electrons. The fraction of sp³-hybridized carbons (Fsp3) is 0.707. The predicted molar refractivity (Wildman–Crippen MR) is 231 cm³/mol. The topological polar surface area (TPSA) is 299 Å². The number of carbonyl (C=O) groups excluding carboxylic acids is 7. The Hall–Kier alpha value is -3.26. The van der Waals surface area contributed by atoms with E-state index in [1.807, 2.05) is 0 Å². The molecule has 1 saturated carbocycles. The Balaban J connectivity index is 0. The minimum absolute atomic E-state index is 0. The molecule has 1 heterocycles. The van der Waals surface area contributed by atoms with E-state index in [0.717, 1.165) is 18.4 Å². The number of hydrogen-bond donors (Lipinski definition) is 7. The van der Waals surface area contributed by atoms with E-state index in [-0.39, 0.29) is 111 Å². The summed E-state index contributed by atoms with van der Waals surface area (Å²) in [5, 5.41) is 41.9. The largest absolute Gasteiger partial charge is 0.676 e. The van der Waals surface area contributed by atoms with Gasteiger partial charge in [0.2, 0.25) is 41.4 Å². The molecule has 0 spiro atoms. The third-order valence-electron chi connectivity index (χ3n) is 9.76. The van der Waals surface area contributed by atoms with Crippen LogP contribution in [0.1, 0.15) is 134 Å². The second kappa shape index (κ2) is 41.2. The Labute approximate surface area is 403 Å². The van der Waals surface area contributed by atoms with Crippen LogP contribution in [0.2, 0.25) is 0 Å². The molecule has 0 saturated heterocycles. The average Bonchev–Trinajstić information content (AvgIpc) is 3.28. The molecule has 0 aliphatic heterocycles. The van der Waals surface area contributed by atoms with Crippen LogP contribution in [0, 0.1) is 0 Å². The summed E-state index contributed by atoms with van der Waals surface area (Å²) >= 11 is 1.61. The summed E-state index contributed by atoms with van der Waals surface area (Å²) in [5.74, 6) is -2.67. The molecular formula is C41H70ClFeN10O10Pt-2. The van der Waals surface area contributed by atoms with E-state index in [1.165, 1.54) is 19.8 Å². The van der Waals surface area contributed by atoms with Gasteiger partial charge in [-0.3, -0.25) is 54.2 Å². The number of hydrogen-bond acceptors (Lipinski definition) is 11. The summed E-state index contributed by atoms with van der Waals surface area (Å²) < 4.78 is 0. The van der Waals surface area contributed by atoms with Crippen molar-refractivity contribution in [1.82, 2.24) is 41.4 Å². The van der Waals surface area contributed by atoms with Crippen molar-refractivity contribution in [3.63, 3.8) is 0 Å². The van der Waals surface area contributed by atoms with Crippen molar-refractivity contribution in [2.24, 2.45) is 0 Å². The number of unbranched alkanes of at least 4 members (excludes halogenated alkanes) is 6. The molecule has 2 rings (SSSR count). The first-order chi connectivity index (χ1) is 30.2. The quantitative estimate of drug-likeness (QED) is 0.0251. The Bertz CT molecular complexity index is 1450. The number of hydroxylamine groups is 6. The van der Waals surface area contributed by atoms with Gasteiger partial charge in [0.25, 0.3) is 0 Å². The van der Waals surface area contributed by atoms with Crippen LogP contribution in [0.3, 0.4) is 0 Å². The Kier molecular flexibility index (Phi) is 40.4. The molecule has 1 fully saturated rings. The number of nitrogens with one attached hydrogen (secondary N) is 6. The van der Waals surface area contributed by atoms with E-state index in [2.05, 4.69) is 35.7 Å².